The van der Waals surface area contributed by atoms with Gasteiger partial charge >= 0.3 is 0 Å². The smallest absolute Gasteiger partial charge is 0.168 e. The summed E-state index contributed by atoms with van der Waals surface area (Å²) in [6, 6.07) is 11.6. The van der Waals surface area contributed by atoms with Crippen LogP contribution in [0.1, 0.15) is 17.4 Å². The molecule has 0 fully saturated rings. The molecule has 0 spiro atoms. The Balaban J connectivity index is 1.98. The Kier molecular flexibility index (Phi) is 5.01. The lowest BCUT2D eigenvalue weighted by Gasteiger charge is -2.15. The molecule has 1 unspecified atom stereocenters. The molecule has 0 aliphatic heterocycles. The van der Waals surface area contributed by atoms with Crippen LogP contribution in [0, 0.1) is 0 Å². The van der Waals surface area contributed by atoms with E-state index < -0.39 is 0 Å². The number of ether oxygens (including phenoxy) is 2. The first-order valence-corrected chi connectivity index (χ1v) is 6.31. The number of nitrogens with two attached hydrogens (primary N) is 1. The van der Waals surface area contributed by atoms with Crippen molar-refractivity contribution in [2.75, 3.05) is 20.3 Å². The van der Waals surface area contributed by atoms with E-state index in [4.69, 9.17) is 19.6 Å². The third-order valence-corrected chi connectivity index (χ3v) is 2.87. The van der Waals surface area contributed by atoms with E-state index in [0.29, 0.717) is 6.54 Å². The minimum Gasteiger partial charge on any atom is -0.481 e. The van der Waals surface area contributed by atoms with E-state index in [1.807, 2.05) is 36.4 Å². The van der Waals surface area contributed by atoms with Crippen LogP contribution in [0.2, 0.25) is 0 Å². The van der Waals surface area contributed by atoms with Crippen LogP contribution in [0.15, 0.2) is 47.1 Å². The van der Waals surface area contributed by atoms with E-state index in [0.717, 1.165) is 24.5 Å². The number of furan rings is 1. The average molecular weight is 261 g/mol. The normalized spacial score (nSPS) is 12.3. The zero-order valence-electron chi connectivity index (χ0n) is 11.0. The lowest BCUT2D eigenvalue weighted by atomic mass is 10.1. The molecule has 0 aliphatic carbocycles. The second kappa shape index (κ2) is 6.97. The zero-order chi connectivity index (χ0) is 13.5. The van der Waals surface area contributed by atoms with Crippen LogP contribution >= 0.6 is 0 Å². The van der Waals surface area contributed by atoms with Gasteiger partial charge in [-0.25, -0.2) is 0 Å². The number of hydrogen-bond donors (Lipinski definition) is 1. The summed E-state index contributed by atoms with van der Waals surface area (Å²) >= 11 is 0. The summed E-state index contributed by atoms with van der Waals surface area (Å²) in [6.45, 7) is 1.09. The number of rotatable bonds is 7. The highest BCUT2D eigenvalue weighted by Crippen LogP contribution is 2.22. The van der Waals surface area contributed by atoms with Gasteiger partial charge < -0.3 is 19.6 Å². The van der Waals surface area contributed by atoms with Crippen molar-refractivity contribution in [3.05, 3.63) is 54.0 Å². The van der Waals surface area contributed by atoms with E-state index >= 15 is 0 Å². The molecule has 102 valence electrons. The van der Waals surface area contributed by atoms with Crippen LogP contribution in [0.25, 0.3) is 0 Å². The van der Waals surface area contributed by atoms with Crippen molar-refractivity contribution in [3.63, 3.8) is 0 Å². The highest BCUT2D eigenvalue weighted by molar-refractivity contribution is 5.28. The fourth-order valence-electron chi connectivity index (χ4n) is 1.82. The monoisotopic (exact) mass is 261 g/mol. The molecular formula is C15H19NO3. The highest BCUT2D eigenvalue weighted by Gasteiger charge is 2.14. The summed E-state index contributed by atoms with van der Waals surface area (Å²) in [4.78, 5) is 0. The number of hydrogen-bond acceptors (Lipinski definition) is 4. The average Bonchev–Trinajstić information content (AvgIpc) is 2.98. The van der Waals surface area contributed by atoms with Gasteiger partial charge in [-0.1, -0.05) is 12.1 Å². The molecule has 1 atom stereocenters. The molecule has 1 aromatic carbocycles. The molecule has 1 heterocycles. The number of benzene rings is 1. The molecule has 2 rings (SSSR count). The quantitative estimate of drug-likeness (QED) is 0.832. The van der Waals surface area contributed by atoms with Gasteiger partial charge in [0.05, 0.1) is 12.9 Å². The molecule has 0 radical (unpaired) electrons. The minimum atomic E-state index is -0.250. The summed E-state index contributed by atoms with van der Waals surface area (Å²) in [6.07, 6.45) is 2.27. The molecule has 19 heavy (non-hydrogen) atoms. The molecule has 4 heteroatoms. The van der Waals surface area contributed by atoms with Gasteiger partial charge in [0.1, 0.15) is 11.5 Å². The standard InChI is InChI=1S/C15H19NO3/c1-17-10-8-12-4-6-13(7-5-12)19-15(11-16)14-3-2-9-18-14/h2-7,9,15H,8,10-11,16H2,1H3. The van der Waals surface area contributed by atoms with Crippen molar-refractivity contribution < 1.29 is 13.9 Å². The molecule has 4 nitrogen and oxygen atoms in total. The van der Waals surface area contributed by atoms with Crippen LogP contribution in [0.3, 0.4) is 0 Å². The van der Waals surface area contributed by atoms with Crippen molar-refractivity contribution in [2.45, 2.75) is 12.5 Å². The fourth-order valence-corrected chi connectivity index (χ4v) is 1.82. The summed E-state index contributed by atoms with van der Waals surface area (Å²) < 4.78 is 16.2. The van der Waals surface area contributed by atoms with E-state index in [1.54, 1.807) is 13.4 Å². The van der Waals surface area contributed by atoms with Crippen LogP contribution in [0.4, 0.5) is 0 Å². The Bertz CT molecular complexity index is 465. The predicted molar refractivity (Wildman–Crippen MR) is 73.2 cm³/mol. The van der Waals surface area contributed by atoms with Gasteiger partial charge in [-0.2, -0.15) is 0 Å². The molecule has 2 aromatic rings. The second-order valence-electron chi connectivity index (χ2n) is 4.24. The Morgan fingerprint density at radius 2 is 2.00 bits per heavy atom. The predicted octanol–water partition coefficient (Wildman–Crippen LogP) is 2.55. The molecule has 0 amide bonds. The van der Waals surface area contributed by atoms with E-state index in [-0.39, 0.29) is 6.10 Å². The number of methoxy groups -OCH3 is 1. The van der Waals surface area contributed by atoms with Crippen molar-refractivity contribution in [3.8, 4) is 5.75 Å². The van der Waals surface area contributed by atoms with Crippen molar-refractivity contribution in [2.24, 2.45) is 5.73 Å². The first-order valence-electron chi connectivity index (χ1n) is 6.31. The summed E-state index contributed by atoms with van der Waals surface area (Å²) in [7, 11) is 1.70. The highest BCUT2D eigenvalue weighted by atomic mass is 16.5. The van der Waals surface area contributed by atoms with Gasteiger partial charge in [-0.05, 0) is 36.2 Å². The summed E-state index contributed by atoms with van der Waals surface area (Å²) in [5.74, 6) is 1.53. The molecule has 0 saturated carbocycles. The van der Waals surface area contributed by atoms with E-state index in [1.165, 1.54) is 5.56 Å². The SMILES string of the molecule is COCCc1ccc(OC(CN)c2ccco2)cc1. The van der Waals surface area contributed by atoms with Crippen LogP contribution < -0.4 is 10.5 Å². The second-order valence-corrected chi connectivity index (χ2v) is 4.24. The van der Waals surface area contributed by atoms with E-state index in [9.17, 15) is 0 Å². The molecule has 0 bridgehead atoms. The Labute approximate surface area is 113 Å². The third kappa shape index (κ3) is 3.84. The maximum atomic E-state index is 5.82. The first kappa shape index (κ1) is 13.6. The zero-order valence-corrected chi connectivity index (χ0v) is 11.0. The van der Waals surface area contributed by atoms with E-state index in [2.05, 4.69) is 0 Å². The van der Waals surface area contributed by atoms with Gasteiger partial charge in [0.2, 0.25) is 0 Å². The van der Waals surface area contributed by atoms with Gasteiger partial charge in [-0.3, -0.25) is 0 Å². The van der Waals surface area contributed by atoms with Crippen molar-refractivity contribution in [1.82, 2.24) is 0 Å². The van der Waals surface area contributed by atoms with Crippen molar-refractivity contribution >= 4 is 0 Å². The van der Waals surface area contributed by atoms with Gasteiger partial charge in [0.15, 0.2) is 6.10 Å². The molecule has 1 aromatic heterocycles. The van der Waals surface area contributed by atoms with Crippen LogP contribution in [0.5, 0.6) is 5.75 Å². The molecular weight excluding hydrogens is 242 g/mol. The Morgan fingerprint density at radius 1 is 1.21 bits per heavy atom. The van der Waals surface area contributed by atoms with Crippen LogP contribution in [-0.2, 0) is 11.2 Å². The minimum absolute atomic E-state index is 0.250. The topological polar surface area (TPSA) is 57.6 Å². The Hall–Kier alpha value is -1.78. The molecule has 0 aliphatic rings. The lowest BCUT2D eigenvalue weighted by molar-refractivity contribution is 0.184. The molecule has 0 saturated heterocycles. The molecule has 2 N–H and O–H groups in total. The lowest BCUT2D eigenvalue weighted by Crippen LogP contribution is -2.17. The largest absolute Gasteiger partial charge is 0.481 e. The van der Waals surface area contributed by atoms with Gasteiger partial charge in [0, 0.05) is 13.7 Å². The summed E-state index contributed by atoms with van der Waals surface area (Å²) in [5.41, 5.74) is 6.92. The first-order chi connectivity index (χ1) is 9.33. The maximum Gasteiger partial charge on any atom is 0.168 e. The maximum absolute atomic E-state index is 5.82. The van der Waals surface area contributed by atoms with Gasteiger partial charge in [-0.15, -0.1) is 0 Å². The third-order valence-electron chi connectivity index (χ3n) is 2.87. The van der Waals surface area contributed by atoms with Gasteiger partial charge in [0.25, 0.3) is 0 Å². The van der Waals surface area contributed by atoms with Crippen LogP contribution in [-0.4, -0.2) is 20.3 Å². The van der Waals surface area contributed by atoms with Crippen molar-refractivity contribution in [1.29, 1.82) is 0 Å². The summed E-state index contributed by atoms with van der Waals surface area (Å²) in [5, 5.41) is 0. The Morgan fingerprint density at radius 3 is 2.58 bits per heavy atom. The fraction of sp³-hybridized carbons (Fsp3) is 0.333.